The molecule has 0 saturated carbocycles. The highest BCUT2D eigenvalue weighted by molar-refractivity contribution is 7.86. The van der Waals surface area contributed by atoms with Crippen LogP contribution < -0.4 is 10.7 Å². The number of rotatable bonds is 13. The van der Waals surface area contributed by atoms with Crippen molar-refractivity contribution in [2.24, 2.45) is 4.99 Å². The van der Waals surface area contributed by atoms with Crippen LogP contribution in [0.4, 0.5) is 17.1 Å². The number of amides is 1. The zero-order chi connectivity index (χ0) is 43.1. The van der Waals surface area contributed by atoms with Gasteiger partial charge in [0, 0.05) is 53.5 Å². The number of hydrogen-bond acceptors (Lipinski definition) is 14. The van der Waals surface area contributed by atoms with E-state index in [1.807, 2.05) is 0 Å². The highest BCUT2D eigenvalue weighted by Crippen LogP contribution is 2.44. The Morgan fingerprint density at radius 3 is 1.90 bits per heavy atom. The summed E-state index contributed by atoms with van der Waals surface area (Å²) in [4.78, 5) is 21.1. The Bertz CT molecular complexity index is 3120. The van der Waals surface area contributed by atoms with Crippen molar-refractivity contribution in [3.05, 3.63) is 108 Å². The number of benzene rings is 5. The van der Waals surface area contributed by atoms with Crippen molar-refractivity contribution < 1.29 is 71.2 Å². The molecule has 59 heavy (non-hydrogen) atoms. The molecule has 0 spiro atoms. The summed E-state index contributed by atoms with van der Waals surface area (Å²) in [5, 5.41) is 11.0. The Labute approximate surface area is 336 Å². The standard InChI is InChI=1S/C36H31N3O16S4/c1-39(15-4-16-54-41)36(40)26-6-3-2-5-25(26)35-27-17-33(58(48,49)50)29(37-21-7-11-23(12-8-21)56(42,43)44)19-31(27)55-32-20-30(34(18-28(32)35)59(51,52)53)38-22-9-13-24(14-10-22)57(45,46)47/h2-3,5-14,17-20,37,41H,4,15-16H2,1H3,(H,42,43,44)(H,45,46,47)(H,48,49,50)(H,51,52,53)/b38-30+. The molecule has 0 fully saturated rings. The first kappa shape index (κ1) is 43.0. The molecule has 4 aromatic carbocycles. The Kier molecular flexibility index (Phi) is 11.8. The van der Waals surface area contributed by atoms with E-state index in [0.717, 1.165) is 60.7 Å². The smallest absolute Gasteiger partial charge is 0.296 e. The van der Waals surface area contributed by atoms with Crippen LogP contribution in [0.15, 0.2) is 126 Å². The summed E-state index contributed by atoms with van der Waals surface area (Å²) in [6.07, 6.45) is 0.228. The van der Waals surface area contributed by atoms with E-state index in [1.165, 1.54) is 48.3 Å². The molecular formula is C36H31N3O16S4. The minimum Gasteiger partial charge on any atom is -0.456 e. The minimum absolute atomic E-state index is 0.0137. The Morgan fingerprint density at radius 2 is 1.32 bits per heavy atom. The fraction of sp³-hybridized carbons (Fsp3) is 0.111. The molecule has 23 heteroatoms. The number of nitrogens with zero attached hydrogens (tertiary/aromatic N) is 2. The lowest BCUT2D eigenvalue weighted by molar-refractivity contribution is -0.242. The molecule has 19 nitrogen and oxygen atoms in total. The highest BCUT2D eigenvalue weighted by Gasteiger charge is 2.28. The molecule has 1 aliphatic carbocycles. The van der Waals surface area contributed by atoms with Gasteiger partial charge < -0.3 is 14.6 Å². The molecule has 0 bridgehead atoms. The maximum absolute atomic E-state index is 13.9. The van der Waals surface area contributed by atoms with Crippen LogP contribution in [-0.4, -0.2) is 88.1 Å². The van der Waals surface area contributed by atoms with Gasteiger partial charge in [0.2, 0.25) is 0 Å². The molecule has 6 N–H and O–H groups in total. The van der Waals surface area contributed by atoms with Crippen molar-refractivity contribution in [1.29, 1.82) is 0 Å². The van der Waals surface area contributed by atoms with Gasteiger partial charge in [-0.3, -0.25) is 28.3 Å². The van der Waals surface area contributed by atoms with Gasteiger partial charge in [0.25, 0.3) is 46.4 Å². The van der Waals surface area contributed by atoms with E-state index >= 15 is 0 Å². The molecule has 4 aromatic rings. The second kappa shape index (κ2) is 16.2. The molecule has 0 aromatic heterocycles. The number of fused-ring (bicyclic) bond motifs is 2. The summed E-state index contributed by atoms with van der Waals surface area (Å²) in [6, 6.07) is 18.9. The van der Waals surface area contributed by atoms with Crippen LogP contribution in [0.5, 0.6) is 0 Å². The van der Waals surface area contributed by atoms with E-state index in [4.69, 9.17) is 9.67 Å². The van der Waals surface area contributed by atoms with Gasteiger partial charge in [-0.05, 0) is 78.7 Å². The fourth-order valence-electron chi connectivity index (χ4n) is 6.09. The van der Waals surface area contributed by atoms with Gasteiger partial charge >= 0.3 is 0 Å². The van der Waals surface area contributed by atoms with Gasteiger partial charge in [-0.15, -0.1) is 0 Å². The molecule has 0 atom stereocenters. The van der Waals surface area contributed by atoms with Crippen LogP contribution >= 0.6 is 0 Å². The monoisotopic (exact) mass is 889 g/mol. The van der Waals surface area contributed by atoms with Crippen LogP contribution in [0.25, 0.3) is 33.4 Å². The lowest BCUT2D eigenvalue weighted by atomic mass is 9.90. The van der Waals surface area contributed by atoms with E-state index in [0.29, 0.717) is 0 Å². The van der Waals surface area contributed by atoms with E-state index in [-0.39, 0.29) is 75.6 Å². The molecule has 1 heterocycles. The molecule has 2 aliphatic rings. The van der Waals surface area contributed by atoms with Crippen molar-refractivity contribution in [1.82, 2.24) is 4.90 Å². The molecule has 0 saturated heterocycles. The summed E-state index contributed by atoms with van der Waals surface area (Å²) in [7, 11) is -18.0. The van der Waals surface area contributed by atoms with Crippen molar-refractivity contribution in [3.63, 3.8) is 0 Å². The van der Waals surface area contributed by atoms with Crippen LogP contribution in [0.2, 0.25) is 0 Å². The number of hydrogen-bond donors (Lipinski definition) is 6. The zero-order valence-corrected chi connectivity index (χ0v) is 33.4. The summed E-state index contributed by atoms with van der Waals surface area (Å²) in [6.45, 7) is 0.0140. The second-order valence-corrected chi connectivity index (χ2v) is 18.4. The topological polar surface area (TPSA) is 305 Å². The van der Waals surface area contributed by atoms with E-state index in [9.17, 15) is 56.7 Å². The Balaban J connectivity index is 1.70. The predicted octanol–water partition coefficient (Wildman–Crippen LogP) is 5.12. The second-order valence-electron chi connectivity index (χ2n) is 12.8. The van der Waals surface area contributed by atoms with Crippen molar-refractivity contribution >= 4 is 74.4 Å². The summed E-state index contributed by atoms with van der Waals surface area (Å²) in [5.41, 5.74) is -0.375. The molecular weight excluding hydrogens is 859 g/mol. The zero-order valence-electron chi connectivity index (χ0n) is 30.1. The average Bonchev–Trinajstić information content (AvgIpc) is 3.15. The molecule has 0 radical (unpaired) electrons. The first-order chi connectivity index (χ1) is 27.6. The van der Waals surface area contributed by atoms with Crippen molar-refractivity contribution in [2.45, 2.75) is 26.0 Å². The van der Waals surface area contributed by atoms with E-state index < -0.39 is 71.3 Å². The first-order valence-electron chi connectivity index (χ1n) is 16.7. The molecule has 1 amide bonds. The maximum atomic E-state index is 13.9. The highest BCUT2D eigenvalue weighted by atomic mass is 32.2. The predicted molar refractivity (Wildman–Crippen MR) is 209 cm³/mol. The van der Waals surface area contributed by atoms with E-state index in [2.05, 4.69) is 15.2 Å². The van der Waals surface area contributed by atoms with Gasteiger partial charge in [-0.1, -0.05) is 18.2 Å². The van der Waals surface area contributed by atoms with Gasteiger partial charge in [-0.2, -0.15) is 33.7 Å². The fourth-order valence-corrected chi connectivity index (χ4v) is 8.34. The van der Waals surface area contributed by atoms with Crippen molar-refractivity contribution in [2.75, 3.05) is 25.5 Å². The lowest BCUT2D eigenvalue weighted by Crippen LogP contribution is -2.28. The summed E-state index contributed by atoms with van der Waals surface area (Å²) in [5.74, 6) is -0.718. The largest absolute Gasteiger partial charge is 0.456 e. The van der Waals surface area contributed by atoms with Gasteiger partial charge in [0.15, 0.2) is 0 Å². The van der Waals surface area contributed by atoms with E-state index in [1.54, 1.807) is 0 Å². The first-order valence-corrected chi connectivity index (χ1v) is 22.4. The third-order valence-electron chi connectivity index (χ3n) is 8.78. The SMILES string of the molecule is CN(CCCOO)C(=O)c1ccccc1-c1c2cc(S(=O)(=O)O)/c(=N/c3ccc(S(=O)(=O)O)cc3)cc-2oc2cc(Nc3ccc(S(=O)(=O)O)cc3)c(S(=O)(=O)O)cc12. The molecule has 1 aliphatic heterocycles. The van der Waals surface area contributed by atoms with Gasteiger partial charge in [0.05, 0.1) is 33.1 Å². The molecule has 0 unspecified atom stereocenters. The third kappa shape index (κ3) is 9.49. The van der Waals surface area contributed by atoms with Crippen LogP contribution in [-0.2, 0) is 45.4 Å². The number of anilines is 2. The number of carbonyl (C=O) groups excluding carboxylic acids is 1. The lowest BCUT2D eigenvalue weighted by Gasteiger charge is -2.22. The van der Waals surface area contributed by atoms with Gasteiger partial charge in [-0.25, -0.2) is 9.88 Å². The Morgan fingerprint density at radius 1 is 0.729 bits per heavy atom. The number of nitrogens with one attached hydrogen (secondary N) is 1. The normalized spacial score (nSPS) is 12.9. The van der Waals surface area contributed by atoms with Crippen LogP contribution in [0.1, 0.15) is 16.8 Å². The van der Waals surface area contributed by atoms with Crippen molar-refractivity contribution in [3.8, 4) is 22.5 Å². The minimum atomic E-state index is -5.14. The maximum Gasteiger partial charge on any atom is 0.296 e. The summed E-state index contributed by atoms with van der Waals surface area (Å²) >= 11 is 0. The molecule has 310 valence electrons. The summed E-state index contributed by atoms with van der Waals surface area (Å²) < 4.78 is 144. The quantitative estimate of drug-likeness (QED) is 0.0288. The van der Waals surface area contributed by atoms with Crippen LogP contribution in [0, 0.1) is 0 Å². The number of carbonyl (C=O) groups is 1. The van der Waals surface area contributed by atoms with Gasteiger partial charge in [0.1, 0.15) is 21.1 Å². The Hall–Kier alpha value is -5.60. The average molecular weight is 890 g/mol. The van der Waals surface area contributed by atoms with Crippen LogP contribution in [0.3, 0.4) is 0 Å². The molecule has 6 rings (SSSR count). The third-order valence-corrected chi connectivity index (χ3v) is 12.3.